The summed E-state index contributed by atoms with van der Waals surface area (Å²) in [4.78, 5) is 0. The van der Waals surface area contributed by atoms with Crippen LogP contribution in [0.1, 0.15) is 39.5 Å². The fourth-order valence-corrected chi connectivity index (χ4v) is 2.05. The van der Waals surface area contributed by atoms with Crippen LogP contribution in [0.15, 0.2) is 0 Å². The van der Waals surface area contributed by atoms with Crippen molar-refractivity contribution in [3.63, 3.8) is 0 Å². The molecule has 3 N–H and O–H groups in total. The van der Waals surface area contributed by atoms with Crippen LogP contribution < -0.4 is 11.1 Å². The molecule has 1 rings (SSSR count). The van der Waals surface area contributed by atoms with Crippen LogP contribution in [0, 0.1) is 5.92 Å². The maximum Gasteiger partial charge on any atom is 0.0588 e. The smallest absolute Gasteiger partial charge is 0.0588 e. The third-order valence-electron chi connectivity index (χ3n) is 3.20. The highest BCUT2D eigenvalue weighted by Crippen LogP contribution is 2.19. The number of ether oxygens (including phenoxy) is 1. The summed E-state index contributed by atoms with van der Waals surface area (Å²) in [6, 6.07) is 0.355. The van der Waals surface area contributed by atoms with Gasteiger partial charge in [-0.3, -0.25) is 0 Å². The summed E-state index contributed by atoms with van der Waals surface area (Å²) in [6.07, 6.45) is 5.28. The largest absolute Gasteiger partial charge is 0.378 e. The van der Waals surface area contributed by atoms with Gasteiger partial charge in [-0.2, -0.15) is 0 Å². The maximum absolute atomic E-state index is 5.69. The van der Waals surface area contributed by atoms with Gasteiger partial charge in [-0.1, -0.05) is 6.42 Å². The molecule has 90 valence electrons. The monoisotopic (exact) mass is 214 g/mol. The Kier molecular flexibility index (Phi) is 6.22. The van der Waals surface area contributed by atoms with Crippen LogP contribution in [-0.4, -0.2) is 31.8 Å². The van der Waals surface area contributed by atoms with E-state index in [9.17, 15) is 0 Å². The van der Waals surface area contributed by atoms with Crippen molar-refractivity contribution in [2.24, 2.45) is 11.7 Å². The Bertz CT molecular complexity index is 162. The lowest BCUT2D eigenvalue weighted by molar-refractivity contribution is 0.105. The topological polar surface area (TPSA) is 47.3 Å². The van der Waals surface area contributed by atoms with Crippen LogP contribution in [0.25, 0.3) is 0 Å². The molecule has 0 aliphatic carbocycles. The van der Waals surface area contributed by atoms with Crippen molar-refractivity contribution in [3.05, 3.63) is 0 Å². The average molecular weight is 214 g/mol. The zero-order chi connectivity index (χ0) is 11.1. The molecule has 0 spiro atoms. The summed E-state index contributed by atoms with van der Waals surface area (Å²) >= 11 is 0. The molecule has 1 fully saturated rings. The highest BCUT2D eigenvalue weighted by Gasteiger charge is 2.23. The molecule has 1 heterocycles. The molecule has 0 radical (unpaired) electrons. The Morgan fingerprint density at radius 3 is 2.87 bits per heavy atom. The second-order valence-corrected chi connectivity index (χ2v) is 4.80. The molecule has 0 bridgehead atoms. The summed E-state index contributed by atoms with van der Waals surface area (Å²) in [5.74, 6) is 0.721. The van der Waals surface area contributed by atoms with Crippen molar-refractivity contribution in [1.82, 2.24) is 5.32 Å². The molecule has 1 saturated heterocycles. The van der Waals surface area contributed by atoms with E-state index in [1.165, 1.54) is 19.3 Å². The van der Waals surface area contributed by atoms with Crippen molar-refractivity contribution >= 4 is 0 Å². The van der Waals surface area contributed by atoms with Crippen molar-refractivity contribution < 1.29 is 4.74 Å². The summed E-state index contributed by atoms with van der Waals surface area (Å²) in [6.45, 7) is 7.42. The highest BCUT2D eigenvalue weighted by atomic mass is 16.5. The number of hydrogen-bond donors (Lipinski definition) is 2. The van der Waals surface area contributed by atoms with E-state index in [0.29, 0.717) is 12.1 Å². The molecule has 15 heavy (non-hydrogen) atoms. The molecule has 3 nitrogen and oxygen atoms in total. The number of rotatable bonds is 7. The first-order chi connectivity index (χ1) is 7.20. The molecule has 1 aliphatic heterocycles. The molecule has 3 heteroatoms. The van der Waals surface area contributed by atoms with E-state index in [-0.39, 0.29) is 0 Å². The first kappa shape index (κ1) is 12.9. The van der Waals surface area contributed by atoms with E-state index in [2.05, 4.69) is 19.2 Å². The van der Waals surface area contributed by atoms with Crippen LogP contribution in [0.2, 0.25) is 0 Å². The zero-order valence-corrected chi connectivity index (χ0v) is 10.2. The van der Waals surface area contributed by atoms with Crippen molar-refractivity contribution in [3.8, 4) is 0 Å². The molecule has 0 saturated carbocycles. The molecule has 0 aromatic heterocycles. The van der Waals surface area contributed by atoms with Crippen LogP contribution in [0.4, 0.5) is 0 Å². The van der Waals surface area contributed by atoms with Gasteiger partial charge in [0.05, 0.1) is 6.10 Å². The molecule has 0 amide bonds. The zero-order valence-electron chi connectivity index (χ0n) is 10.2. The Labute approximate surface area is 93.8 Å². The van der Waals surface area contributed by atoms with Gasteiger partial charge in [0.2, 0.25) is 0 Å². The first-order valence-electron chi connectivity index (χ1n) is 6.28. The molecular formula is C12H26N2O. The van der Waals surface area contributed by atoms with Gasteiger partial charge in [0, 0.05) is 19.2 Å². The summed E-state index contributed by atoms with van der Waals surface area (Å²) in [5, 5.41) is 3.51. The molecule has 3 unspecified atom stereocenters. The van der Waals surface area contributed by atoms with Crippen LogP contribution >= 0.6 is 0 Å². The van der Waals surface area contributed by atoms with Gasteiger partial charge in [-0.05, 0) is 45.6 Å². The number of nitrogens with one attached hydrogen (secondary N) is 1. The van der Waals surface area contributed by atoms with E-state index in [1.807, 2.05) is 0 Å². The lowest BCUT2D eigenvalue weighted by Gasteiger charge is -2.14. The van der Waals surface area contributed by atoms with Gasteiger partial charge in [0.15, 0.2) is 0 Å². The predicted molar refractivity (Wildman–Crippen MR) is 63.9 cm³/mol. The Hall–Kier alpha value is -0.120. The van der Waals surface area contributed by atoms with Gasteiger partial charge >= 0.3 is 0 Å². The average Bonchev–Trinajstić information content (AvgIpc) is 2.57. The van der Waals surface area contributed by atoms with E-state index >= 15 is 0 Å². The minimum absolute atomic E-state index is 0.355. The van der Waals surface area contributed by atoms with E-state index < -0.39 is 0 Å². The molecule has 1 aliphatic rings. The van der Waals surface area contributed by atoms with Gasteiger partial charge in [0.1, 0.15) is 0 Å². The van der Waals surface area contributed by atoms with Gasteiger partial charge < -0.3 is 15.8 Å². The quantitative estimate of drug-likeness (QED) is 0.632. The number of hydrogen-bond acceptors (Lipinski definition) is 3. The predicted octanol–water partition coefficient (Wildman–Crippen LogP) is 1.52. The second kappa shape index (κ2) is 7.20. The third kappa shape index (κ3) is 5.50. The molecule has 0 aromatic carbocycles. The number of nitrogens with two attached hydrogens (primary N) is 1. The van der Waals surface area contributed by atoms with E-state index in [0.717, 1.165) is 32.0 Å². The molecular weight excluding hydrogens is 188 g/mol. The lowest BCUT2D eigenvalue weighted by atomic mass is 10.0. The van der Waals surface area contributed by atoms with Crippen molar-refractivity contribution in [2.45, 2.75) is 51.7 Å². The fourth-order valence-electron chi connectivity index (χ4n) is 2.05. The van der Waals surface area contributed by atoms with Gasteiger partial charge in [0.25, 0.3) is 0 Å². The maximum atomic E-state index is 5.69. The van der Waals surface area contributed by atoms with Gasteiger partial charge in [-0.15, -0.1) is 0 Å². The lowest BCUT2D eigenvalue weighted by Crippen LogP contribution is -2.27. The molecule has 0 aromatic rings. The summed E-state index contributed by atoms with van der Waals surface area (Å²) in [5.41, 5.74) is 5.69. The SMILES string of the molecule is CC(N)CCCCNCC1CCOC1C. The highest BCUT2D eigenvalue weighted by molar-refractivity contribution is 4.74. The summed E-state index contributed by atoms with van der Waals surface area (Å²) in [7, 11) is 0. The van der Waals surface area contributed by atoms with Crippen LogP contribution in [0.5, 0.6) is 0 Å². The minimum atomic E-state index is 0.355. The Morgan fingerprint density at radius 2 is 2.27 bits per heavy atom. The Balaban J connectivity index is 1.88. The van der Waals surface area contributed by atoms with Crippen LogP contribution in [-0.2, 0) is 4.74 Å². The van der Waals surface area contributed by atoms with Gasteiger partial charge in [-0.25, -0.2) is 0 Å². The Morgan fingerprint density at radius 1 is 1.47 bits per heavy atom. The number of unbranched alkanes of at least 4 members (excludes halogenated alkanes) is 1. The van der Waals surface area contributed by atoms with Crippen molar-refractivity contribution in [2.75, 3.05) is 19.7 Å². The molecule has 3 atom stereocenters. The third-order valence-corrected chi connectivity index (χ3v) is 3.20. The fraction of sp³-hybridized carbons (Fsp3) is 1.00. The normalized spacial score (nSPS) is 28.2. The van der Waals surface area contributed by atoms with Crippen molar-refractivity contribution in [1.29, 1.82) is 0 Å². The summed E-state index contributed by atoms with van der Waals surface area (Å²) < 4.78 is 5.52. The van der Waals surface area contributed by atoms with Crippen LogP contribution in [0.3, 0.4) is 0 Å². The first-order valence-corrected chi connectivity index (χ1v) is 6.28. The standard InChI is InChI=1S/C12H26N2O/c1-10(13)5-3-4-7-14-9-12-6-8-15-11(12)2/h10-12,14H,3-9,13H2,1-2H3. The van der Waals surface area contributed by atoms with E-state index in [4.69, 9.17) is 10.5 Å². The van der Waals surface area contributed by atoms with E-state index in [1.54, 1.807) is 0 Å². The second-order valence-electron chi connectivity index (χ2n) is 4.80. The minimum Gasteiger partial charge on any atom is -0.378 e.